The van der Waals surface area contributed by atoms with Crippen molar-refractivity contribution in [3.8, 4) is 0 Å². The first kappa shape index (κ1) is 12.0. The fourth-order valence-corrected chi connectivity index (χ4v) is 0.741. The van der Waals surface area contributed by atoms with Crippen molar-refractivity contribution in [1.82, 2.24) is 0 Å². The summed E-state index contributed by atoms with van der Waals surface area (Å²) in [5.74, 6) is 0. The van der Waals surface area contributed by atoms with E-state index in [4.69, 9.17) is 4.74 Å². The molecule has 0 aliphatic rings. The minimum Gasteiger partial charge on any atom is -0.380 e. The summed E-state index contributed by atoms with van der Waals surface area (Å²) >= 11 is 0. The Morgan fingerprint density at radius 3 is 2.00 bits per heavy atom. The van der Waals surface area contributed by atoms with E-state index in [9.17, 15) is 12.9 Å². The SMILES string of the molecule is COCc1ccccc1.FB(F)F. The maximum absolute atomic E-state index is 9.67. The van der Waals surface area contributed by atoms with E-state index < -0.39 is 7.54 Å². The van der Waals surface area contributed by atoms with Gasteiger partial charge in [0.1, 0.15) is 0 Å². The Morgan fingerprint density at radius 2 is 1.62 bits per heavy atom. The Bertz CT molecular complexity index is 203. The third-order valence-electron chi connectivity index (χ3n) is 1.15. The predicted octanol–water partition coefficient (Wildman–Crippen LogP) is 2.71. The average Bonchev–Trinajstić information content (AvgIpc) is 2.06. The van der Waals surface area contributed by atoms with Crippen LogP contribution in [0.3, 0.4) is 0 Å². The van der Waals surface area contributed by atoms with Gasteiger partial charge in [-0.2, -0.15) is 0 Å². The lowest BCUT2D eigenvalue weighted by atomic mass is 10.2. The minimum atomic E-state index is -3.67. The summed E-state index contributed by atoms with van der Waals surface area (Å²) in [6, 6.07) is 10.1. The van der Waals surface area contributed by atoms with Gasteiger partial charge >= 0.3 is 7.54 Å². The second-order valence-electron chi connectivity index (χ2n) is 2.17. The molecule has 0 unspecified atom stereocenters. The molecule has 5 heteroatoms. The van der Waals surface area contributed by atoms with Gasteiger partial charge in [-0.25, -0.2) is 0 Å². The lowest BCUT2D eigenvalue weighted by molar-refractivity contribution is 0.185. The summed E-state index contributed by atoms with van der Waals surface area (Å²) in [4.78, 5) is 0. The number of ether oxygens (including phenoxy) is 1. The first-order valence-electron chi connectivity index (χ1n) is 3.62. The lowest BCUT2D eigenvalue weighted by Gasteiger charge is -1.95. The summed E-state index contributed by atoms with van der Waals surface area (Å²) in [5.41, 5.74) is 1.22. The number of hydrogen-bond donors (Lipinski definition) is 0. The number of halogens is 3. The molecule has 0 atom stereocenters. The molecule has 0 aliphatic carbocycles. The fraction of sp³-hybridized carbons (Fsp3) is 0.250. The Morgan fingerprint density at radius 1 is 1.15 bits per heavy atom. The highest BCUT2D eigenvalue weighted by Gasteiger charge is 2.06. The molecule has 0 amide bonds. The second kappa shape index (κ2) is 7.67. The first-order valence-corrected chi connectivity index (χ1v) is 3.62. The zero-order valence-corrected chi connectivity index (χ0v) is 7.21. The van der Waals surface area contributed by atoms with Gasteiger partial charge in [0.2, 0.25) is 0 Å². The molecule has 0 saturated heterocycles. The average molecular weight is 190 g/mol. The summed E-state index contributed by atoms with van der Waals surface area (Å²) in [6.45, 7) is 0.709. The van der Waals surface area contributed by atoms with E-state index in [0.717, 1.165) is 0 Å². The third kappa shape index (κ3) is 8.95. The largest absolute Gasteiger partial charge is 0.762 e. The van der Waals surface area contributed by atoms with Crippen LogP contribution in [0.25, 0.3) is 0 Å². The first-order chi connectivity index (χ1) is 6.16. The van der Waals surface area contributed by atoms with Crippen LogP contribution in [0.15, 0.2) is 30.3 Å². The van der Waals surface area contributed by atoms with E-state index in [1.54, 1.807) is 7.11 Å². The maximum atomic E-state index is 9.67. The molecular formula is C8H10BF3O. The van der Waals surface area contributed by atoms with E-state index in [1.807, 2.05) is 30.3 Å². The summed E-state index contributed by atoms with van der Waals surface area (Å²) in [5, 5.41) is 0. The standard InChI is InChI=1S/C8H10O.BF3/c1-9-7-8-5-3-2-4-6-8;2-1(3)4/h2-6H,7H2,1H3;. The molecule has 0 radical (unpaired) electrons. The second-order valence-corrected chi connectivity index (χ2v) is 2.17. The molecule has 0 aromatic heterocycles. The van der Waals surface area contributed by atoms with Crippen molar-refractivity contribution in [3.05, 3.63) is 35.9 Å². The molecule has 72 valence electrons. The van der Waals surface area contributed by atoms with Gasteiger partial charge in [0.25, 0.3) is 0 Å². The van der Waals surface area contributed by atoms with Crippen LogP contribution in [-0.2, 0) is 11.3 Å². The van der Waals surface area contributed by atoms with Crippen LogP contribution >= 0.6 is 0 Å². The highest BCUT2D eigenvalue weighted by atomic mass is 19.4. The number of methoxy groups -OCH3 is 1. The van der Waals surface area contributed by atoms with Crippen molar-refractivity contribution in [1.29, 1.82) is 0 Å². The van der Waals surface area contributed by atoms with Gasteiger partial charge in [-0.3, -0.25) is 12.9 Å². The maximum Gasteiger partial charge on any atom is 0.762 e. The Hall–Kier alpha value is -0.965. The van der Waals surface area contributed by atoms with E-state index in [-0.39, 0.29) is 0 Å². The van der Waals surface area contributed by atoms with Crippen molar-refractivity contribution in [2.75, 3.05) is 7.11 Å². The molecule has 0 aliphatic heterocycles. The molecule has 0 N–H and O–H groups in total. The Balaban J connectivity index is 0.000000310. The highest BCUT2D eigenvalue weighted by molar-refractivity contribution is 6.33. The molecule has 13 heavy (non-hydrogen) atoms. The van der Waals surface area contributed by atoms with Crippen LogP contribution in [0.5, 0.6) is 0 Å². The van der Waals surface area contributed by atoms with Gasteiger partial charge in [0.15, 0.2) is 0 Å². The van der Waals surface area contributed by atoms with Crippen LogP contribution in [0.4, 0.5) is 12.9 Å². The third-order valence-corrected chi connectivity index (χ3v) is 1.15. The van der Waals surface area contributed by atoms with Gasteiger partial charge in [-0.1, -0.05) is 30.3 Å². The van der Waals surface area contributed by atoms with Crippen molar-refractivity contribution >= 4 is 7.54 Å². The van der Waals surface area contributed by atoms with Gasteiger partial charge < -0.3 is 4.74 Å². The normalized spacial score (nSPS) is 8.62. The molecule has 1 rings (SSSR count). The highest BCUT2D eigenvalue weighted by Crippen LogP contribution is 1.98. The number of benzene rings is 1. The van der Waals surface area contributed by atoms with Crippen LogP contribution in [0, 0.1) is 0 Å². The van der Waals surface area contributed by atoms with Gasteiger partial charge in [0.05, 0.1) is 6.61 Å². The molecule has 0 fully saturated rings. The van der Waals surface area contributed by atoms with Gasteiger partial charge in [0, 0.05) is 7.11 Å². The molecule has 0 spiro atoms. The molecule has 0 bridgehead atoms. The molecule has 1 nitrogen and oxygen atoms in total. The lowest BCUT2D eigenvalue weighted by Crippen LogP contribution is -1.84. The quantitative estimate of drug-likeness (QED) is 0.651. The summed E-state index contributed by atoms with van der Waals surface area (Å²) in [6.07, 6.45) is 0. The summed E-state index contributed by atoms with van der Waals surface area (Å²) in [7, 11) is -1.97. The van der Waals surface area contributed by atoms with Crippen molar-refractivity contribution in [3.63, 3.8) is 0 Å². The zero-order chi connectivity index (χ0) is 10.1. The summed E-state index contributed by atoms with van der Waals surface area (Å²) < 4.78 is 33.9. The zero-order valence-electron chi connectivity index (χ0n) is 7.21. The molecule has 1 aromatic rings. The minimum absolute atomic E-state index is 0.709. The topological polar surface area (TPSA) is 9.23 Å². The number of hydrogen-bond acceptors (Lipinski definition) is 1. The van der Waals surface area contributed by atoms with Crippen LogP contribution in [0.2, 0.25) is 0 Å². The number of rotatable bonds is 2. The van der Waals surface area contributed by atoms with Gasteiger partial charge in [-0.05, 0) is 5.56 Å². The van der Waals surface area contributed by atoms with Crippen LogP contribution < -0.4 is 0 Å². The molecule has 0 saturated carbocycles. The van der Waals surface area contributed by atoms with Crippen molar-refractivity contribution < 1.29 is 17.7 Å². The Labute approximate surface area is 75.7 Å². The van der Waals surface area contributed by atoms with Gasteiger partial charge in [-0.15, -0.1) is 0 Å². The molecular weight excluding hydrogens is 180 g/mol. The van der Waals surface area contributed by atoms with Crippen LogP contribution in [0.1, 0.15) is 5.56 Å². The van der Waals surface area contributed by atoms with E-state index in [1.165, 1.54) is 5.56 Å². The van der Waals surface area contributed by atoms with E-state index in [0.29, 0.717) is 6.61 Å². The fourth-order valence-electron chi connectivity index (χ4n) is 0.741. The van der Waals surface area contributed by atoms with E-state index in [2.05, 4.69) is 0 Å². The molecule has 0 heterocycles. The van der Waals surface area contributed by atoms with Crippen molar-refractivity contribution in [2.24, 2.45) is 0 Å². The predicted molar refractivity (Wildman–Crippen MR) is 46.2 cm³/mol. The van der Waals surface area contributed by atoms with Crippen LogP contribution in [-0.4, -0.2) is 14.7 Å². The van der Waals surface area contributed by atoms with E-state index >= 15 is 0 Å². The monoisotopic (exact) mass is 190 g/mol. The Kier molecular flexibility index (Phi) is 7.10. The van der Waals surface area contributed by atoms with Crippen molar-refractivity contribution in [2.45, 2.75) is 6.61 Å². The molecule has 1 aromatic carbocycles. The smallest absolute Gasteiger partial charge is 0.380 e.